The van der Waals surface area contributed by atoms with E-state index in [1.165, 1.54) is 0 Å². The highest BCUT2D eigenvalue weighted by Gasteiger charge is 2.22. The van der Waals surface area contributed by atoms with Crippen molar-refractivity contribution in [3.05, 3.63) is 11.7 Å². The van der Waals surface area contributed by atoms with E-state index in [1.807, 2.05) is 6.92 Å². The first-order valence-corrected chi connectivity index (χ1v) is 7.02. The van der Waals surface area contributed by atoms with Crippen molar-refractivity contribution in [1.82, 2.24) is 15.5 Å². The summed E-state index contributed by atoms with van der Waals surface area (Å²) in [6, 6.07) is 0. The van der Waals surface area contributed by atoms with Crippen molar-refractivity contribution in [1.29, 1.82) is 0 Å². The molecule has 1 atom stereocenters. The minimum absolute atomic E-state index is 0.0851. The zero-order valence-corrected chi connectivity index (χ0v) is 13.0. The van der Waals surface area contributed by atoms with Crippen LogP contribution < -0.4 is 5.32 Å². The van der Waals surface area contributed by atoms with Crippen molar-refractivity contribution >= 4 is 0 Å². The largest absolute Gasteiger partial charge is 0.370 e. The molecule has 0 aliphatic carbocycles. The van der Waals surface area contributed by atoms with Crippen molar-refractivity contribution in [2.45, 2.75) is 59.6 Å². The van der Waals surface area contributed by atoms with Crippen LogP contribution in [0.25, 0.3) is 0 Å². The van der Waals surface area contributed by atoms with Crippen LogP contribution in [-0.2, 0) is 11.2 Å². The fourth-order valence-electron chi connectivity index (χ4n) is 1.77. The van der Waals surface area contributed by atoms with Gasteiger partial charge in [0.2, 0.25) is 11.7 Å². The van der Waals surface area contributed by atoms with Crippen LogP contribution in [-0.4, -0.2) is 28.8 Å². The molecule has 5 nitrogen and oxygen atoms in total. The summed E-state index contributed by atoms with van der Waals surface area (Å²) in [5.41, 5.74) is 0.106. The molecule has 1 N–H and O–H groups in total. The Bertz CT molecular complexity index is 369. The van der Waals surface area contributed by atoms with Gasteiger partial charge in [-0.05, 0) is 33.6 Å². The normalized spacial score (nSPS) is 14.1. The standard InChI is InChI=1S/C14H27N3O2/c1-7-18-12(10(2)3)13-16-11(19-17-13)8-9-15-14(4,5)6/h10,12,15H,7-9H2,1-6H3. The molecule has 1 aromatic rings. The number of hydrogen-bond acceptors (Lipinski definition) is 5. The molecule has 5 heteroatoms. The second-order valence-corrected chi connectivity index (χ2v) is 6.09. The molecular formula is C14H27N3O2. The molecule has 0 aliphatic rings. The van der Waals surface area contributed by atoms with Gasteiger partial charge in [-0.1, -0.05) is 19.0 Å². The molecule has 0 saturated carbocycles. The predicted molar refractivity (Wildman–Crippen MR) is 75.0 cm³/mol. The van der Waals surface area contributed by atoms with Crippen molar-refractivity contribution in [2.75, 3.05) is 13.2 Å². The van der Waals surface area contributed by atoms with Crippen molar-refractivity contribution in [2.24, 2.45) is 5.92 Å². The van der Waals surface area contributed by atoms with E-state index < -0.39 is 0 Å². The number of nitrogens with one attached hydrogen (secondary N) is 1. The molecule has 1 aromatic heterocycles. The quantitative estimate of drug-likeness (QED) is 0.824. The van der Waals surface area contributed by atoms with Crippen LogP contribution in [0, 0.1) is 5.92 Å². The first-order chi connectivity index (χ1) is 8.83. The van der Waals surface area contributed by atoms with Gasteiger partial charge in [0.25, 0.3) is 0 Å². The molecule has 0 aliphatic heterocycles. The lowest BCUT2D eigenvalue weighted by atomic mass is 10.1. The van der Waals surface area contributed by atoms with Gasteiger partial charge in [-0.3, -0.25) is 0 Å². The van der Waals surface area contributed by atoms with Gasteiger partial charge in [0.1, 0.15) is 6.10 Å². The summed E-state index contributed by atoms with van der Waals surface area (Å²) < 4.78 is 10.9. The van der Waals surface area contributed by atoms with Gasteiger partial charge < -0.3 is 14.6 Å². The Balaban J connectivity index is 2.55. The van der Waals surface area contributed by atoms with Crippen LogP contribution >= 0.6 is 0 Å². The summed E-state index contributed by atoms with van der Waals surface area (Å²) in [6.07, 6.45) is 0.652. The third kappa shape index (κ3) is 5.70. The van der Waals surface area contributed by atoms with E-state index in [0.717, 1.165) is 13.0 Å². The number of rotatable bonds is 7. The van der Waals surface area contributed by atoms with Gasteiger partial charge in [0, 0.05) is 25.1 Å². The lowest BCUT2D eigenvalue weighted by Crippen LogP contribution is -2.37. The van der Waals surface area contributed by atoms with Crippen LogP contribution in [0.4, 0.5) is 0 Å². The maximum atomic E-state index is 5.66. The molecular weight excluding hydrogens is 242 g/mol. The van der Waals surface area contributed by atoms with Crippen molar-refractivity contribution < 1.29 is 9.26 Å². The highest BCUT2D eigenvalue weighted by molar-refractivity contribution is 4.93. The Kier molecular flexibility index (Phi) is 5.94. The third-order valence-corrected chi connectivity index (χ3v) is 2.68. The molecule has 0 amide bonds. The van der Waals surface area contributed by atoms with Crippen LogP contribution in [0.2, 0.25) is 0 Å². The second kappa shape index (κ2) is 7.01. The molecule has 0 aromatic carbocycles. The lowest BCUT2D eigenvalue weighted by molar-refractivity contribution is 0.0217. The minimum atomic E-state index is -0.0851. The molecule has 1 rings (SSSR count). The number of nitrogens with zero attached hydrogens (tertiary/aromatic N) is 2. The van der Waals surface area contributed by atoms with E-state index in [9.17, 15) is 0 Å². The topological polar surface area (TPSA) is 60.2 Å². The van der Waals surface area contributed by atoms with E-state index in [0.29, 0.717) is 24.2 Å². The molecule has 1 heterocycles. The van der Waals surface area contributed by atoms with E-state index in [1.54, 1.807) is 0 Å². The van der Waals surface area contributed by atoms with E-state index >= 15 is 0 Å². The van der Waals surface area contributed by atoms with Crippen LogP contribution in [0.1, 0.15) is 59.4 Å². The summed E-state index contributed by atoms with van der Waals surface area (Å²) in [7, 11) is 0. The summed E-state index contributed by atoms with van der Waals surface area (Å²) in [5.74, 6) is 1.65. The minimum Gasteiger partial charge on any atom is -0.370 e. The average molecular weight is 269 g/mol. The van der Waals surface area contributed by atoms with E-state index in [2.05, 4.69) is 50.1 Å². The van der Waals surface area contributed by atoms with Gasteiger partial charge in [-0.15, -0.1) is 0 Å². The second-order valence-electron chi connectivity index (χ2n) is 6.09. The fraction of sp³-hybridized carbons (Fsp3) is 0.857. The Hall–Kier alpha value is -0.940. The maximum absolute atomic E-state index is 5.66. The maximum Gasteiger partial charge on any atom is 0.228 e. The van der Waals surface area contributed by atoms with E-state index in [-0.39, 0.29) is 11.6 Å². The first-order valence-electron chi connectivity index (χ1n) is 7.02. The number of aromatic nitrogens is 2. The summed E-state index contributed by atoms with van der Waals surface area (Å²) >= 11 is 0. The summed E-state index contributed by atoms with van der Waals surface area (Å²) in [4.78, 5) is 4.43. The van der Waals surface area contributed by atoms with Gasteiger partial charge in [-0.25, -0.2) is 0 Å². The van der Waals surface area contributed by atoms with Gasteiger partial charge in [-0.2, -0.15) is 4.98 Å². The first kappa shape index (κ1) is 16.1. The highest BCUT2D eigenvalue weighted by Crippen LogP contribution is 2.23. The average Bonchev–Trinajstić information content (AvgIpc) is 2.72. The fourth-order valence-corrected chi connectivity index (χ4v) is 1.77. The molecule has 0 bridgehead atoms. The lowest BCUT2D eigenvalue weighted by Gasteiger charge is -2.19. The third-order valence-electron chi connectivity index (χ3n) is 2.68. The van der Waals surface area contributed by atoms with Crippen LogP contribution in [0.3, 0.4) is 0 Å². The number of ether oxygens (including phenoxy) is 1. The Morgan fingerprint density at radius 3 is 2.53 bits per heavy atom. The van der Waals surface area contributed by atoms with Crippen LogP contribution in [0.5, 0.6) is 0 Å². The molecule has 0 spiro atoms. The van der Waals surface area contributed by atoms with Gasteiger partial charge in [0.05, 0.1) is 0 Å². The summed E-state index contributed by atoms with van der Waals surface area (Å²) in [6.45, 7) is 14.0. The number of hydrogen-bond donors (Lipinski definition) is 1. The summed E-state index contributed by atoms with van der Waals surface area (Å²) in [5, 5.41) is 7.43. The zero-order chi connectivity index (χ0) is 14.5. The smallest absolute Gasteiger partial charge is 0.228 e. The monoisotopic (exact) mass is 269 g/mol. The Morgan fingerprint density at radius 1 is 1.32 bits per heavy atom. The molecule has 0 radical (unpaired) electrons. The van der Waals surface area contributed by atoms with Crippen LogP contribution in [0.15, 0.2) is 4.52 Å². The van der Waals surface area contributed by atoms with E-state index in [4.69, 9.17) is 9.26 Å². The Morgan fingerprint density at radius 2 is 2.00 bits per heavy atom. The zero-order valence-electron chi connectivity index (χ0n) is 13.0. The van der Waals surface area contributed by atoms with Crippen molar-refractivity contribution in [3.63, 3.8) is 0 Å². The van der Waals surface area contributed by atoms with Crippen molar-refractivity contribution in [3.8, 4) is 0 Å². The Labute approximate surface area is 116 Å². The molecule has 0 saturated heterocycles. The van der Waals surface area contributed by atoms with Gasteiger partial charge >= 0.3 is 0 Å². The molecule has 1 unspecified atom stereocenters. The SMILES string of the molecule is CCOC(c1noc(CCNC(C)(C)C)n1)C(C)C. The molecule has 19 heavy (non-hydrogen) atoms. The van der Waals surface area contributed by atoms with Gasteiger partial charge in [0.15, 0.2) is 0 Å². The predicted octanol–water partition coefficient (Wildman–Crippen LogP) is 2.73. The molecule has 0 fully saturated rings. The molecule has 110 valence electrons. The highest BCUT2D eigenvalue weighted by atomic mass is 16.5.